The molecule has 1 amide bonds. The quantitative estimate of drug-likeness (QED) is 0.546. The van der Waals surface area contributed by atoms with Gasteiger partial charge in [0.15, 0.2) is 0 Å². The van der Waals surface area contributed by atoms with Crippen molar-refractivity contribution in [3.05, 3.63) is 61.2 Å². The third-order valence-corrected chi connectivity index (χ3v) is 2.53. The van der Waals surface area contributed by atoms with Crippen molar-refractivity contribution in [3.63, 3.8) is 0 Å². The minimum Gasteiger partial charge on any atom is -0.329 e. The molecule has 2 nitrogen and oxygen atoms in total. The van der Waals surface area contributed by atoms with Crippen molar-refractivity contribution in [1.82, 2.24) is 4.90 Å². The molecule has 0 aliphatic heterocycles. The molecule has 0 saturated carbocycles. The summed E-state index contributed by atoms with van der Waals surface area (Å²) in [6.07, 6.45) is 3.06. The highest BCUT2D eigenvalue weighted by Crippen LogP contribution is 2.19. The van der Waals surface area contributed by atoms with Crippen LogP contribution in [0.1, 0.15) is 18.5 Å². The van der Waals surface area contributed by atoms with Crippen LogP contribution in [0.4, 0.5) is 0 Å². The Morgan fingerprint density at radius 1 is 1.38 bits per heavy atom. The maximum absolute atomic E-state index is 11.7. The van der Waals surface area contributed by atoms with Crippen molar-refractivity contribution in [2.75, 3.05) is 6.54 Å². The van der Waals surface area contributed by atoms with E-state index < -0.39 is 0 Å². The molecule has 0 aliphatic carbocycles. The zero-order valence-electron chi connectivity index (χ0n) is 9.60. The van der Waals surface area contributed by atoms with Crippen molar-refractivity contribution in [2.24, 2.45) is 0 Å². The molecule has 0 N–H and O–H groups in total. The molecule has 1 atom stereocenters. The summed E-state index contributed by atoms with van der Waals surface area (Å²) < 4.78 is 0. The van der Waals surface area contributed by atoms with Gasteiger partial charge in [0.1, 0.15) is 0 Å². The van der Waals surface area contributed by atoms with Crippen LogP contribution in [0.15, 0.2) is 55.6 Å². The van der Waals surface area contributed by atoms with Gasteiger partial charge in [0, 0.05) is 6.54 Å². The fourth-order valence-corrected chi connectivity index (χ4v) is 1.61. The molecule has 84 valence electrons. The molecular formula is C14H17NO. The second kappa shape index (κ2) is 5.91. The Balaban J connectivity index is 2.90. The van der Waals surface area contributed by atoms with Gasteiger partial charge >= 0.3 is 0 Å². The fraction of sp³-hybridized carbons (Fsp3) is 0.214. The van der Waals surface area contributed by atoms with E-state index in [1.165, 1.54) is 6.08 Å². The van der Waals surface area contributed by atoms with Crippen molar-refractivity contribution < 1.29 is 4.79 Å². The van der Waals surface area contributed by atoms with E-state index in [-0.39, 0.29) is 11.9 Å². The summed E-state index contributed by atoms with van der Waals surface area (Å²) in [6, 6.07) is 9.95. The molecule has 0 aromatic heterocycles. The van der Waals surface area contributed by atoms with E-state index in [1.54, 1.807) is 11.0 Å². The SMILES string of the molecule is C=CCN(C(=O)C=C)[C@@H](C)c1ccccc1. The van der Waals surface area contributed by atoms with E-state index in [0.717, 1.165) is 5.56 Å². The summed E-state index contributed by atoms with van der Waals surface area (Å²) in [6.45, 7) is 9.71. The molecule has 16 heavy (non-hydrogen) atoms. The van der Waals surface area contributed by atoms with Gasteiger partial charge in [-0.05, 0) is 18.6 Å². The zero-order chi connectivity index (χ0) is 12.0. The van der Waals surface area contributed by atoms with Crippen LogP contribution >= 0.6 is 0 Å². The lowest BCUT2D eigenvalue weighted by Crippen LogP contribution is -2.32. The van der Waals surface area contributed by atoms with E-state index in [9.17, 15) is 4.79 Å². The topological polar surface area (TPSA) is 20.3 Å². The van der Waals surface area contributed by atoms with Gasteiger partial charge in [-0.1, -0.05) is 43.0 Å². The predicted octanol–water partition coefficient (Wildman–Crippen LogP) is 2.95. The highest BCUT2D eigenvalue weighted by molar-refractivity contribution is 5.87. The first kappa shape index (κ1) is 12.2. The minimum atomic E-state index is -0.0729. The first-order valence-corrected chi connectivity index (χ1v) is 5.29. The lowest BCUT2D eigenvalue weighted by atomic mass is 10.1. The molecule has 0 spiro atoms. The Kier molecular flexibility index (Phi) is 4.52. The lowest BCUT2D eigenvalue weighted by Gasteiger charge is -2.27. The van der Waals surface area contributed by atoms with Crippen molar-refractivity contribution >= 4 is 5.91 Å². The Bertz CT molecular complexity index is 370. The number of carbonyl (C=O) groups excluding carboxylic acids is 1. The Morgan fingerprint density at radius 2 is 2.00 bits per heavy atom. The van der Waals surface area contributed by atoms with Crippen molar-refractivity contribution in [2.45, 2.75) is 13.0 Å². The average molecular weight is 215 g/mol. The maximum atomic E-state index is 11.7. The van der Waals surface area contributed by atoms with Gasteiger partial charge in [0.05, 0.1) is 6.04 Å². The number of carbonyl (C=O) groups is 1. The summed E-state index contributed by atoms with van der Waals surface area (Å²) in [4.78, 5) is 13.4. The van der Waals surface area contributed by atoms with E-state index in [2.05, 4.69) is 13.2 Å². The molecule has 0 heterocycles. The normalized spacial score (nSPS) is 11.6. The molecule has 0 bridgehead atoms. The van der Waals surface area contributed by atoms with Gasteiger partial charge in [-0.15, -0.1) is 6.58 Å². The van der Waals surface area contributed by atoms with Crippen LogP contribution in [-0.4, -0.2) is 17.4 Å². The smallest absolute Gasteiger partial charge is 0.246 e. The number of amides is 1. The Morgan fingerprint density at radius 3 is 2.50 bits per heavy atom. The van der Waals surface area contributed by atoms with Crippen LogP contribution in [0.25, 0.3) is 0 Å². The first-order valence-electron chi connectivity index (χ1n) is 5.29. The van der Waals surface area contributed by atoms with Gasteiger partial charge < -0.3 is 4.90 Å². The number of hydrogen-bond acceptors (Lipinski definition) is 1. The Labute approximate surface area is 96.9 Å². The molecule has 1 rings (SSSR count). The monoisotopic (exact) mass is 215 g/mol. The molecule has 1 aromatic carbocycles. The van der Waals surface area contributed by atoms with Gasteiger partial charge in [0.2, 0.25) is 5.91 Å². The van der Waals surface area contributed by atoms with E-state index in [0.29, 0.717) is 6.54 Å². The van der Waals surface area contributed by atoms with E-state index in [1.807, 2.05) is 37.3 Å². The average Bonchev–Trinajstić information content (AvgIpc) is 2.35. The number of hydrogen-bond donors (Lipinski definition) is 0. The van der Waals surface area contributed by atoms with Crippen molar-refractivity contribution in [1.29, 1.82) is 0 Å². The highest BCUT2D eigenvalue weighted by Gasteiger charge is 2.17. The standard InChI is InChI=1S/C14H17NO/c1-4-11-15(14(16)5-2)12(3)13-9-7-6-8-10-13/h4-10,12H,1-2,11H2,3H3/t12-/m0/s1. The molecule has 0 unspecified atom stereocenters. The summed E-state index contributed by atoms with van der Waals surface area (Å²) in [7, 11) is 0. The van der Waals surface area contributed by atoms with Crippen LogP contribution in [0.2, 0.25) is 0 Å². The molecule has 0 saturated heterocycles. The van der Waals surface area contributed by atoms with Gasteiger partial charge in [-0.3, -0.25) is 4.79 Å². The zero-order valence-corrected chi connectivity index (χ0v) is 9.60. The predicted molar refractivity (Wildman–Crippen MR) is 67.0 cm³/mol. The van der Waals surface area contributed by atoms with Crippen LogP contribution in [0.3, 0.4) is 0 Å². The maximum Gasteiger partial charge on any atom is 0.246 e. The second-order valence-corrected chi connectivity index (χ2v) is 3.57. The van der Waals surface area contributed by atoms with Crippen LogP contribution in [0, 0.1) is 0 Å². The molecule has 0 aliphatic rings. The largest absolute Gasteiger partial charge is 0.329 e. The molecule has 0 radical (unpaired) electrons. The summed E-state index contributed by atoms with van der Waals surface area (Å²) >= 11 is 0. The van der Waals surface area contributed by atoms with E-state index in [4.69, 9.17) is 0 Å². The Hall–Kier alpha value is -1.83. The highest BCUT2D eigenvalue weighted by atomic mass is 16.2. The first-order chi connectivity index (χ1) is 7.70. The van der Waals surface area contributed by atoms with Crippen molar-refractivity contribution in [3.8, 4) is 0 Å². The molecule has 2 heteroatoms. The van der Waals surface area contributed by atoms with Crippen LogP contribution in [-0.2, 0) is 4.79 Å². The third kappa shape index (κ3) is 2.83. The molecule has 1 aromatic rings. The number of nitrogens with zero attached hydrogens (tertiary/aromatic N) is 1. The van der Waals surface area contributed by atoms with Crippen LogP contribution < -0.4 is 0 Å². The minimum absolute atomic E-state index is 0.0321. The van der Waals surface area contributed by atoms with Gasteiger partial charge in [-0.2, -0.15) is 0 Å². The molecular weight excluding hydrogens is 198 g/mol. The third-order valence-electron chi connectivity index (χ3n) is 2.53. The molecule has 0 fully saturated rings. The fourth-order valence-electron chi connectivity index (χ4n) is 1.61. The van der Waals surface area contributed by atoms with Crippen LogP contribution in [0.5, 0.6) is 0 Å². The number of benzene rings is 1. The lowest BCUT2D eigenvalue weighted by molar-refractivity contribution is -0.127. The second-order valence-electron chi connectivity index (χ2n) is 3.57. The summed E-state index contributed by atoms with van der Waals surface area (Å²) in [5.74, 6) is -0.0729. The van der Waals surface area contributed by atoms with Gasteiger partial charge in [-0.25, -0.2) is 0 Å². The van der Waals surface area contributed by atoms with E-state index >= 15 is 0 Å². The van der Waals surface area contributed by atoms with Gasteiger partial charge in [0.25, 0.3) is 0 Å². The summed E-state index contributed by atoms with van der Waals surface area (Å²) in [5, 5.41) is 0. The number of rotatable bonds is 5. The summed E-state index contributed by atoms with van der Waals surface area (Å²) in [5.41, 5.74) is 1.11.